The molecule has 0 aliphatic heterocycles. The molecule has 0 N–H and O–H groups in total. The van der Waals surface area contributed by atoms with Crippen molar-refractivity contribution in [3.05, 3.63) is 65.4 Å². The average Bonchev–Trinajstić information content (AvgIpc) is 3.36. The van der Waals surface area contributed by atoms with E-state index in [0.29, 0.717) is 16.8 Å². The highest BCUT2D eigenvalue weighted by atomic mass is 19.1. The number of halogens is 2. The molecule has 0 bridgehead atoms. The van der Waals surface area contributed by atoms with E-state index in [4.69, 9.17) is 4.52 Å². The Bertz CT molecular complexity index is 934. The highest BCUT2D eigenvalue weighted by molar-refractivity contribution is 5.86. The molecule has 1 aliphatic carbocycles. The van der Waals surface area contributed by atoms with Crippen LogP contribution in [0.4, 0.5) is 8.78 Å². The average molecular weight is 342 g/mol. The van der Waals surface area contributed by atoms with E-state index < -0.39 is 11.6 Å². The van der Waals surface area contributed by atoms with Gasteiger partial charge in [0, 0.05) is 29.6 Å². The summed E-state index contributed by atoms with van der Waals surface area (Å²) in [5.41, 5.74) is 1.52. The third-order valence-electron chi connectivity index (χ3n) is 4.43. The van der Waals surface area contributed by atoms with E-state index in [9.17, 15) is 13.6 Å². The Morgan fingerprint density at radius 3 is 2.76 bits per heavy atom. The first kappa shape index (κ1) is 15.7. The van der Waals surface area contributed by atoms with E-state index in [1.807, 2.05) is 18.2 Å². The summed E-state index contributed by atoms with van der Waals surface area (Å²) in [6, 6.07) is 10.9. The summed E-state index contributed by atoms with van der Waals surface area (Å²) < 4.78 is 32.2. The predicted octanol–water partition coefficient (Wildman–Crippen LogP) is 3.84. The van der Waals surface area contributed by atoms with E-state index in [0.717, 1.165) is 24.3 Å². The molecule has 25 heavy (non-hydrogen) atoms. The molecule has 0 radical (unpaired) electrons. The van der Waals surface area contributed by atoms with Gasteiger partial charge < -0.3 is 9.42 Å². The summed E-state index contributed by atoms with van der Waals surface area (Å²) in [4.78, 5) is 14.4. The number of aromatic nitrogens is 1. The first-order valence-electron chi connectivity index (χ1n) is 8.18. The molecular weight excluding hydrogens is 326 g/mol. The molecule has 1 aromatic heterocycles. The minimum absolute atomic E-state index is 0.0936. The van der Waals surface area contributed by atoms with Crippen LogP contribution in [0, 0.1) is 11.6 Å². The van der Waals surface area contributed by atoms with Crippen LogP contribution in [0.15, 0.2) is 47.0 Å². The molecule has 6 heteroatoms. The van der Waals surface area contributed by atoms with E-state index in [2.05, 4.69) is 5.16 Å². The molecular formula is C19H16F2N2O2. The maximum atomic E-state index is 13.9. The van der Waals surface area contributed by atoms with Crippen molar-refractivity contribution in [2.45, 2.75) is 31.8 Å². The van der Waals surface area contributed by atoms with E-state index in [-0.39, 0.29) is 24.9 Å². The van der Waals surface area contributed by atoms with Crippen LogP contribution < -0.4 is 0 Å². The van der Waals surface area contributed by atoms with E-state index in [1.165, 1.54) is 12.1 Å². The van der Waals surface area contributed by atoms with Crippen molar-refractivity contribution in [1.82, 2.24) is 10.1 Å². The van der Waals surface area contributed by atoms with Crippen molar-refractivity contribution in [3.63, 3.8) is 0 Å². The predicted molar refractivity (Wildman–Crippen MR) is 87.6 cm³/mol. The van der Waals surface area contributed by atoms with Crippen molar-refractivity contribution in [2.75, 3.05) is 0 Å². The van der Waals surface area contributed by atoms with Gasteiger partial charge in [-0.2, -0.15) is 0 Å². The lowest BCUT2D eigenvalue weighted by Gasteiger charge is -2.22. The smallest absolute Gasteiger partial charge is 0.229 e. The Kier molecular flexibility index (Phi) is 3.95. The van der Waals surface area contributed by atoms with Crippen LogP contribution in [0.5, 0.6) is 0 Å². The van der Waals surface area contributed by atoms with E-state index >= 15 is 0 Å². The summed E-state index contributed by atoms with van der Waals surface area (Å²) in [5, 5.41) is 4.79. The van der Waals surface area contributed by atoms with E-state index in [1.54, 1.807) is 11.0 Å². The fourth-order valence-electron chi connectivity index (χ4n) is 2.95. The van der Waals surface area contributed by atoms with Gasteiger partial charge >= 0.3 is 0 Å². The van der Waals surface area contributed by atoms with Crippen molar-refractivity contribution in [1.29, 1.82) is 0 Å². The molecule has 1 heterocycles. The van der Waals surface area contributed by atoms with Crippen LogP contribution >= 0.6 is 0 Å². The number of hydrogen-bond donors (Lipinski definition) is 0. The molecule has 1 fully saturated rings. The Balaban J connectivity index is 1.55. The number of carbonyl (C=O) groups is 1. The number of nitrogens with zero attached hydrogens (tertiary/aromatic N) is 2. The van der Waals surface area contributed by atoms with Gasteiger partial charge in [0.15, 0.2) is 5.58 Å². The largest absolute Gasteiger partial charge is 0.356 e. The van der Waals surface area contributed by atoms with Gasteiger partial charge in [0.25, 0.3) is 0 Å². The SMILES string of the molecule is O=C(Cc1noc2ccccc12)N(Cc1ccc(F)cc1F)C1CC1. The van der Waals surface area contributed by atoms with Crippen LogP contribution in [-0.4, -0.2) is 22.0 Å². The standard InChI is InChI=1S/C19H16F2N2O2/c20-13-6-5-12(16(21)9-13)11-23(14-7-8-14)19(24)10-17-15-3-1-2-4-18(15)25-22-17/h1-6,9,14H,7-8,10-11H2. The summed E-state index contributed by atoms with van der Waals surface area (Å²) in [6.45, 7) is 0.130. The lowest BCUT2D eigenvalue weighted by atomic mass is 10.1. The fourth-order valence-corrected chi connectivity index (χ4v) is 2.95. The summed E-state index contributed by atoms with van der Waals surface area (Å²) in [5.74, 6) is -1.39. The lowest BCUT2D eigenvalue weighted by Crippen LogP contribution is -2.34. The highest BCUT2D eigenvalue weighted by Crippen LogP contribution is 2.30. The second kappa shape index (κ2) is 6.27. The number of fused-ring (bicyclic) bond motifs is 1. The van der Waals surface area contributed by atoms with Crippen molar-refractivity contribution < 1.29 is 18.1 Å². The minimum atomic E-state index is -0.634. The fraction of sp³-hybridized carbons (Fsp3) is 0.263. The zero-order chi connectivity index (χ0) is 17.4. The molecule has 1 amide bonds. The van der Waals surface area contributed by atoms with Gasteiger partial charge in [-0.05, 0) is 31.0 Å². The highest BCUT2D eigenvalue weighted by Gasteiger charge is 2.33. The number of amides is 1. The van der Waals surface area contributed by atoms with Crippen molar-refractivity contribution >= 4 is 16.9 Å². The summed E-state index contributed by atoms with van der Waals surface area (Å²) in [7, 11) is 0. The summed E-state index contributed by atoms with van der Waals surface area (Å²) in [6.07, 6.45) is 1.89. The molecule has 1 aliphatic rings. The third-order valence-corrected chi connectivity index (χ3v) is 4.43. The molecule has 4 nitrogen and oxygen atoms in total. The second-order valence-corrected chi connectivity index (χ2v) is 6.29. The minimum Gasteiger partial charge on any atom is -0.356 e. The summed E-state index contributed by atoms with van der Waals surface area (Å²) >= 11 is 0. The van der Waals surface area contributed by atoms with Crippen molar-refractivity contribution in [2.24, 2.45) is 0 Å². The zero-order valence-corrected chi connectivity index (χ0v) is 13.4. The first-order chi connectivity index (χ1) is 12.1. The van der Waals surface area contributed by atoms with Gasteiger partial charge in [0.05, 0.1) is 6.42 Å². The number of para-hydroxylation sites is 1. The number of benzene rings is 2. The van der Waals surface area contributed by atoms with Crippen LogP contribution in [0.3, 0.4) is 0 Å². The topological polar surface area (TPSA) is 46.3 Å². The lowest BCUT2D eigenvalue weighted by molar-refractivity contribution is -0.131. The van der Waals surface area contributed by atoms with Gasteiger partial charge in [-0.15, -0.1) is 0 Å². The van der Waals surface area contributed by atoms with Crippen LogP contribution in [0.25, 0.3) is 11.0 Å². The van der Waals surface area contributed by atoms with Crippen LogP contribution in [-0.2, 0) is 17.8 Å². The van der Waals surface area contributed by atoms with Crippen molar-refractivity contribution in [3.8, 4) is 0 Å². The zero-order valence-electron chi connectivity index (χ0n) is 13.4. The molecule has 1 saturated carbocycles. The van der Waals surface area contributed by atoms with Gasteiger partial charge in [0.2, 0.25) is 5.91 Å². The maximum absolute atomic E-state index is 13.9. The first-order valence-corrected chi connectivity index (χ1v) is 8.18. The Morgan fingerprint density at radius 2 is 2.00 bits per heavy atom. The second-order valence-electron chi connectivity index (χ2n) is 6.29. The third kappa shape index (κ3) is 3.24. The molecule has 0 saturated heterocycles. The van der Waals surface area contributed by atoms with Gasteiger partial charge in [0.1, 0.15) is 17.3 Å². The van der Waals surface area contributed by atoms with Gasteiger partial charge in [-0.1, -0.05) is 23.4 Å². The molecule has 0 unspecified atom stereocenters. The number of carbonyl (C=O) groups excluding carboxylic acids is 1. The number of hydrogen-bond acceptors (Lipinski definition) is 3. The number of rotatable bonds is 5. The molecule has 0 atom stereocenters. The van der Waals surface area contributed by atoms with Crippen LogP contribution in [0.1, 0.15) is 24.1 Å². The Labute approximate surface area is 143 Å². The Hall–Kier alpha value is -2.76. The monoisotopic (exact) mass is 342 g/mol. The molecule has 0 spiro atoms. The van der Waals surface area contributed by atoms with Gasteiger partial charge in [-0.3, -0.25) is 4.79 Å². The maximum Gasteiger partial charge on any atom is 0.229 e. The molecule has 128 valence electrons. The van der Waals surface area contributed by atoms with Gasteiger partial charge in [-0.25, -0.2) is 8.78 Å². The normalized spacial score (nSPS) is 14.0. The molecule has 4 rings (SSSR count). The quantitative estimate of drug-likeness (QED) is 0.708. The Morgan fingerprint density at radius 1 is 1.20 bits per heavy atom. The molecule has 2 aromatic carbocycles. The molecule has 3 aromatic rings. The van der Waals surface area contributed by atoms with Crippen LogP contribution in [0.2, 0.25) is 0 Å².